The lowest BCUT2D eigenvalue weighted by Gasteiger charge is -2.33. The van der Waals surface area contributed by atoms with E-state index in [1.54, 1.807) is 24.5 Å². The lowest BCUT2D eigenvalue weighted by molar-refractivity contribution is -0.131. The van der Waals surface area contributed by atoms with Gasteiger partial charge in [-0.15, -0.1) is 0 Å². The highest BCUT2D eigenvalue weighted by atomic mass is 35.5. The molecule has 148 valence electrons. The molecule has 0 spiro atoms. The number of hydrogen-bond donors (Lipinski definition) is 2. The third kappa shape index (κ3) is 4.67. The zero-order valence-corrected chi connectivity index (χ0v) is 16.4. The minimum absolute atomic E-state index is 0.0207. The predicted molar refractivity (Wildman–Crippen MR) is 103 cm³/mol. The Kier molecular flexibility index (Phi) is 6.28. The van der Waals surface area contributed by atoms with Gasteiger partial charge in [-0.25, -0.2) is 8.42 Å². The number of sulfonamides is 1. The van der Waals surface area contributed by atoms with Crippen LogP contribution < -0.4 is 10.6 Å². The number of pyridine rings is 1. The summed E-state index contributed by atoms with van der Waals surface area (Å²) >= 11 is 5.82. The second-order valence-corrected chi connectivity index (χ2v) is 8.55. The SMILES string of the molecule is O=C(C[C@@H]1C(=O)NCCN1S(=O)(=O)c1ccc(Cl)cc1)NCc1cccnc1. The van der Waals surface area contributed by atoms with Crippen LogP contribution in [0.1, 0.15) is 12.0 Å². The Morgan fingerprint density at radius 2 is 2.04 bits per heavy atom. The maximum Gasteiger partial charge on any atom is 0.243 e. The van der Waals surface area contributed by atoms with E-state index >= 15 is 0 Å². The van der Waals surface area contributed by atoms with Crippen LogP contribution in [0.5, 0.6) is 0 Å². The van der Waals surface area contributed by atoms with Crippen molar-refractivity contribution in [3.8, 4) is 0 Å². The predicted octanol–water partition coefficient (Wildman–Crippen LogP) is 0.931. The molecule has 0 aliphatic carbocycles. The van der Waals surface area contributed by atoms with Gasteiger partial charge < -0.3 is 10.6 Å². The smallest absolute Gasteiger partial charge is 0.243 e. The monoisotopic (exact) mass is 422 g/mol. The highest BCUT2D eigenvalue weighted by Gasteiger charge is 2.39. The van der Waals surface area contributed by atoms with Gasteiger partial charge in [0.2, 0.25) is 21.8 Å². The summed E-state index contributed by atoms with van der Waals surface area (Å²) in [6.45, 7) is 0.502. The van der Waals surface area contributed by atoms with Crippen molar-refractivity contribution in [2.24, 2.45) is 0 Å². The van der Waals surface area contributed by atoms with Gasteiger partial charge in [0.25, 0.3) is 0 Å². The zero-order valence-electron chi connectivity index (χ0n) is 14.8. The number of nitrogens with one attached hydrogen (secondary N) is 2. The Morgan fingerprint density at radius 1 is 1.29 bits per heavy atom. The number of rotatable bonds is 6. The van der Waals surface area contributed by atoms with E-state index in [4.69, 9.17) is 11.6 Å². The fraction of sp³-hybridized carbons (Fsp3) is 0.278. The van der Waals surface area contributed by atoms with E-state index in [1.165, 1.54) is 24.3 Å². The molecule has 0 bridgehead atoms. The average molecular weight is 423 g/mol. The molecule has 2 aromatic rings. The number of carbonyl (C=O) groups excluding carboxylic acids is 2. The molecule has 1 aliphatic rings. The molecule has 1 atom stereocenters. The molecule has 2 amide bonds. The number of amides is 2. The maximum atomic E-state index is 13.0. The van der Waals surface area contributed by atoms with E-state index in [1.807, 2.05) is 0 Å². The molecule has 10 heteroatoms. The molecule has 2 heterocycles. The minimum atomic E-state index is -3.95. The quantitative estimate of drug-likeness (QED) is 0.719. The van der Waals surface area contributed by atoms with E-state index < -0.39 is 27.9 Å². The van der Waals surface area contributed by atoms with Crippen molar-refractivity contribution in [2.75, 3.05) is 13.1 Å². The zero-order chi connectivity index (χ0) is 20.1. The largest absolute Gasteiger partial charge is 0.353 e. The van der Waals surface area contributed by atoms with Crippen molar-refractivity contribution in [3.63, 3.8) is 0 Å². The van der Waals surface area contributed by atoms with Crippen molar-refractivity contribution in [2.45, 2.75) is 23.9 Å². The van der Waals surface area contributed by atoms with E-state index in [0.717, 1.165) is 9.87 Å². The fourth-order valence-electron chi connectivity index (χ4n) is 2.87. The van der Waals surface area contributed by atoms with Crippen LogP contribution in [-0.2, 0) is 26.2 Å². The van der Waals surface area contributed by atoms with E-state index in [9.17, 15) is 18.0 Å². The molecular formula is C18H19ClN4O4S. The van der Waals surface area contributed by atoms with Crippen molar-refractivity contribution in [3.05, 3.63) is 59.4 Å². The molecule has 8 nitrogen and oxygen atoms in total. The fourth-order valence-corrected chi connectivity index (χ4v) is 4.58. The highest BCUT2D eigenvalue weighted by Crippen LogP contribution is 2.23. The molecular weight excluding hydrogens is 404 g/mol. The van der Waals surface area contributed by atoms with Crippen LogP contribution in [-0.4, -0.2) is 48.7 Å². The number of halogens is 1. The third-order valence-electron chi connectivity index (χ3n) is 4.29. The van der Waals surface area contributed by atoms with Gasteiger partial charge in [0, 0.05) is 37.1 Å². The Bertz CT molecular complexity index is 951. The lowest BCUT2D eigenvalue weighted by Crippen LogP contribution is -2.58. The number of aromatic nitrogens is 1. The molecule has 28 heavy (non-hydrogen) atoms. The number of hydrogen-bond acceptors (Lipinski definition) is 5. The number of carbonyl (C=O) groups is 2. The molecule has 0 radical (unpaired) electrons. The Morgan fingerprint density at radius 3 is 2.71 bits per heavy atom. The maximum absolute atomic E-state index is 13.0. The molecule has 2 N–H and O–H groups in total. The average Bonchev–Trinajstić information content (AvgIpc) is 2.69. The van der Waals surface area contributed by atoms with Gasteiger partial charge in [0.15, 0.2) is 0 Å². The van der Waals surface area contributed by atoms with Crippen LogP contribution in [0.4, 0.5) is 0 Å². The van der Waals surface area contributed by atoms with Crippen LogP contribution in [0.15, 0.2) is 53.7 Å². The van der Waals surface area contributed by atoms with Gasteiger partial charge in [0.1, 0.15) is 6.04 Å². The Hall–Kier alpha value is -2.49. The summed E-state index contributed by atoms with van der Waals surface area (Å²) in [5.74, 6) is -0.928. The Labute approximate surface area is 168 Å². The summed E-state index contributed by atoms with van der Waals surface area (Å²) in [4.78, 5) is 28.6. The first kappa shape index (κ1) is 20.2. The van der Waals surface area contributed by atoms with Gasteiger partial charge in [-0.05, 0) is 35.9 Å². The summed E-state index contributed by atoms with van der Waals surface area (Å²) < 4.78 is 27.0. The van der Waals surface area contributed by atoms with Crippen LogP contribution in [0, 0.1) is 0 Å². The first-order valence-corrected chi connectivity index (χ1v) is 10.4. The number of nitrogens with zero attached hydrogens (tertiary/aromatic N) is 2. The van der Waals surface area contributed by atoms with Gasteiger partial charge in [0.05, 0.1) is 11.3 Å². The van der Waals surface area contributed by atoms with Crippen LogP contribution >= 0.6 is 11.6 Å². The van der Waals surface area contributed by atoms with Gasteiger partial charge >= 0.3 is 0 Å². The van der Waals surface area contributed by atoms with E-state index in [0.29, 0.717) is 5.02 Å². The summed E-state index contributed by atoms with van der Waals surface area (Å²) in [6, 6.07) is 8.12. The summed E-state index contributed by atoms with van der Waals surface area (Å²) in [6.07, 6.45) is 2.96. The molecule has 0 saturated carbocycles. The summed E-state index contributed by atoms with van der Waals surface area (Å²) in [5.41, 5.74) is 0.801. The van der Waals surface area contributed by atoms with Crippen molar-refractivity contribution in [1.82, 2.24) is 19.9 Å². The van der Waals surface area contributed by atoms with Crippen LogP contribution in [0.25, 0.3) is 0 Å². The van der Waals surface area contributed by atoms with Crippen molar-refractivity contribution in [1.29, 1.82) is 0 Å². The first-order valence-electron chi connectivity index (χ1n) is 8.58. The van der Waals surface area contributed by atoms with Gasteiger partial charge in [-0.1, -0.05) is 17.7 Å². The molecule has 1 aromatic carbocycles. The summed E-state index contributed by atoms with van der Waals surface area (Å²) in [5, 5.41) is 5.71. The van der Waals surface area contributed by atoms with Gasteiger partial charge in [-0.2, -0.15) is 4.31 Å². The van der Waals surface area contributed by atoms with Crippen LogP contribution in [0.3, 0.4) is 0 Å². The third-order valence-corrected chi connectivity index (χ3v) is 6.47. The molecule has 1 fully saturated rings. The standard InChI is InChI=1S/C18H19ClN4O4S/c19-14-3-5-15(6-4-14)28(26,27)23-9-8-21-18(25)16(23)10-17(24)22-12-13-2-1-7-20-11-13/h1-7,11,16H,8-10,12H2,(H,21,25)(H,22,24)/t16-/m1/s1. The molecule has 1 aliphatic heterocycles. The van der Waals surface area contributed by atoms with E-state index in [-0.39, 0.29) is 31.0 Å². The van der Waals surface area contributed by atoms with E-state index in [2.05, 4.69) is 15.6 Å². The molecule has 1 saturated heterocycles. The Balaban J connectivity index is 1.74. The highest BCUT2D eigenvalue weighted by molar-refractivity contribution is 7.89. The molecule has 1 aromatic heterocycles. The summed E-state index contributed by atoms with van der Waals surface area (Å²) in [7, 11) is -3.95. The van der Waals surface area contributed by atoms with Crippen molar-refractivity contribution < 1.29 is 18.0 Å². The number of piperazine rings is 1. The second-order valence-electron chi connectivity index (χ2n) is 6.22. The first-order chi connectivity index (χ1) is 13.4. The number of benzene rings is 1. The molecule has 3 rings (SSSR count). The second kappa shape index (κ2) is 8.68. The normalized spacial score (nSPS) is 17.8. The van der Waals surface area contributed by atoms with Crippen molar-refractivity contribution >= 4 is 33.4 Å². The minimum Gasteiger partial charge on any atom is -0.353 e. The topological polar surface area (TPSA) is 108 Å². The van der Waals surface area contributed by atoms with Crippen LogP contribution in [0.2, 0.25) is 5.02 Å². The lowest BCUT2D eigenvalue weighted by atomic mass is 10.1. The molecule has 0 unspecified atom stereocenters. The van der Waals surface area contributed by atoms with Gasteiger partial charge in [-0.3, -0.25) is 14.6 Å².